The highest BCUT2D eigenvalue weighted by Gasteiger charge is 2.28. The first-order valence-electron chi connectivity index (χ1n) is 2.85. The minimum atomic E-state index is -4.18. The Balaban J connectivity index is 4.20. The van der Waals surface area contributed by atoms with Gasteiger partial charge >= 0.3 is 6.18 Å². The fourth-order valence-electron chi connectivity index (χ4n) is 0.335. The summed E-state index contributed by atoms with van der Waals surface area (Å²) in [6, 6.07) is 0. The molecule has 0 N–H and O–H groups in total. The predicted octanol–water partition coefficient (Wildman–Crippen LogP) is 3.07. The van der Waals surface area contributed by atoms with E-state index in [1.165, 1.54) is 6.08 Å². The van der Waals surface area contributed by atoms with Crippen molar-refractivity contribution in [1.29, 1.82) is 0 Å². The Labute approximate surface area is 58.0 Å². The molecule has 0 amide bonds. The van der Waals surface area contributed by atoms with Crippen molar-refractivity contribution in [3.8, 4) is 0 Å². The fourth-order valence-corrected chi connectivity index (χ4v) is 0.335. The summed E-state index contributed by atoms with van der Waals surface area (Å²) >= 11 is 0. The van der Waals surface area contributed by atoms with Crippen LogP contribution in [-0.2, 0) is 0 Å². The van der Waals surface area contributed by atoms with Crippen molar-refractivity contribution in [1.82, 2.24) is 0 Å². The van der Waals surface area contributed by atoms with Crippen molar-refractivity contribution in [3.05, 3.63) is 23.8 Å². The molecule has 0 aliphatic heterocycles. The molecule has 0 aromatic rings. The molecule has 0 bridgehead atoms. The van der Waals surface area contributed by atoms with Crippen LogP contribution >= 0.6 is 0 Å². The second-order valence-corrected chi connectivity index (χ2v) is 1.87. The average Bonchev–Trinajstić information content (AvgIpc) is 1.80. The Morgan fingerprint density at radius 1 is 1.30 bits per heavy atom. The van der Waals surface area contributed by atoms with Crippen LogP contribution < -0.4 is 0 Å². The van der Waals surface area contributed by atoms with Crippen LogP contribution in [0.3, 0.4) is 0 Å². The van der Waals surface area contributed by atoms with Crippen molar-refractivity contribution in [2.24, 2.45) is 0 Å². The standard InChI is InChI=1S/C7H9F3/c1-3-4-5-6(2)7(8,9)10/h3-5H,1-2H3/b4-3-,6-5+. The molecule has 10 heavy (non-hydrogen) atoms. The van der Waals surface area contributed by atoms with E-state index in [1.807, 2.05) is 0 Å². The summed E-state index contributed by atoms with van der Waals surface area (Å²) in [4.78, 5) is 0. The molecule has 0 unspecified atom stereocenters. The fraction of sp³-hybridized carbons (Fsp3) is 0.429. The monoisotopic (exact) mass is 150 g/mol. The van der Waals surface area contributed by atoms with Gasteiger partial charge in [-0.1, -0.05) is 18.2 Å². The van der Waals surface area contributed by atoms with E-state index in [4.69, 9.17) is 0 Å². The molecule has 0 fully saturated rings. The number of hydrogen-bond donors (Lipinski definition) is 0. The first-order chi connectivity index (χ1) is 4.48. The topological polar surface area (TPSA) is 0 Å². The normalized spacial score (nSPS) is 14.7. The van der Waals surface area contributed by atoms with Crippen LogP contribution in [0.15, 0.2) is 23.8 Å². The molecule has 0 aromatic carbocycles. The zero-order valence-electron chi connectivity index (χ0n) is 5.87. The van der Waals surface area contributed by atoms with Crippen molar-refractivity contribution >= 4 is 0 Å². The first-order valence-corrected chi connectivity index (χ1v) is 2.85. The summed E-state index contributed by atoms with van der Waals surface area (Å²) < 4.78 is 35.0. The lowest BCUT2D eigenvalue weighted by Gasteiger charge is -2.03. The van der Waals surface area contributed by atoms with Gasteiger partial charge in [-0.3, -0.25) is 0 Å². The first kappa shape index (κ1) is 9.27. The number of alkyl halides is 3. The summed E-state index contributed by atoms with van der Waals surface area (Å²) in [6.45, 7) is 2.71. The van der Waals surface area contributed by atoms with Gasteiger partial charge in [-0.05, 0) is 13.8 Å². The largest absolute Gasteiger partial charge is 0.412 e. The van der Waals surface area contributed by atoms with Crippen molar-refractivity contribution in [2.75, 3.05) is 0 Å². The predicted molar refractivity (Wildman–Crippen MR) is 34.6 cm³/mol. The van der Waals surface area contributed by atoms with E-state index in [2.05, 4.69) is 0 Å². The van der Waals surface area contributed by atoms with Gasteiger partial charge < -0.3 is 0 Å². The maximum atomic E-state index is 11.7. The maximum Gasteiger partial charge on any atom is 0.412 e. The van der Waals surface area contributed by atoms with Gasteiger partial charge in [-0.2, -0.15) is 13.2 Å². The van der Waals surface area contributed by atoms with E-state index in [0.29, 0.717) is 0 Å². The molecule has 0 radical (unpaired) electrons. The van der Waals surface area contributed by atoms with E-state index in [-0.39, 0.29) is 0 Å². The molecule has 0 atom stereocenters. The summed E-state index contributed by atoms with van der Waals surface area (Å²) in [6.07, 6.45) is -0.225. The van der Waals surface area contributed by atoms with E-state index in [0.717, 1.165) is 13.0 Å². The summed E-state index contributed by atoms with van der Waals surface area (Å²) in [5, 5.41) is 0. The van der Waals surface area contributed by atoms with Crippen LogP contribution in [0.25, 0.3) is 0 Å². The van der Waals surface area contributed by atoms with E-state index in [9.17, 15) is 13.2 Å². The van der Waals surface area contributed by atoms with Crippen molar-refractivity contribution < 1.29 is 13.2 Å². The smallest absolute Gasteiger partial charge is 0.166 e. The Kier molecular flexibility index (Phi) is 3.19. The van der Waals surface area contributed by atoms with Crippen LogP contribution in [0, 0.1) is 0 Å². The molecule has 0 spiro atoms. The number of allylic oxidation sites excluding steroid dienone is 4. The molecule has 0 aliphatic rings. The lowest BCUT2D eigenvalue weighted by atomic mass is 10.2. The second-order valence-electron chi connectivity index (χ2n) is 1.87. The Hall–Kier alpha value is -0.730. The van der Waals surface area contributed by atoms with E-state index >= 15 is 0 Å². The second kappa shape index (κ2) is 3.44. The van der Waals surface area contributed by atoms with E-state index < -0.39 is 11.7 Å². The highest BCUT2D eigenvalue weighted by Crippen LogP contribution is 2.24. The minimum absolute atomic E-state index is 0.578. The lowest BCUT2D eigenvalue weighted by molar-refractivity contribution is -0.0912. The van der Waals surface area contributed by atoms with Crippen LogP contribution in [-0.4, -0.2) is 6.18 Å². The minimum Gasteiger partial charge on any atom is -0.166 e. The summed E-state index contributed by atoms with van der Waals surface area (Å²) in [5.74, 6) is 0. The number of halogens is 3. The third-order valence-corrected chi connectivity index (χ3v) is 0.986. The summed E-state index contributed by atoms with van der Waals surface area (Å²) in [7, 11) is 0. The van der Waals surface area contributed by atoms with Crippen LogP contribution in [0.1, 0.15) is 13.8 Å². The van der Waals surface area contributed by atoms with Crippen molar-refractivity contribution in [2.45, 2.75) is 20.0 Å². The SMILES string of the molecule is C/C=C\C=C(/C)C(F)(F)F. The van der Waals surface area contributed by atoms with Gasteiger partial charge in [-0.15, -0.1) is 0 Å². The molecule has 0 saturated carbocycles. The van der Waals surface area contributed by atoms with Gasteiger partial charge in [0.15, 0.2) is 0 Å². The number of rotatable bonds is 1. The van der Waals surface area contributed by atoms with Gasteiger partial charge in [0, 0.05) is 5.57 Å². The molecule has 0 nitrogen and oxygen atoms in total. The average molecular weight is 150 g/mol. The third kappa shape index (κ3) is 3.33. The Morgan fingerprint density at radius 3 is 2.10 bits per heavy atom. The zero-order chi connectivity index (χ0) is 8.20. The molecular weight excluding hydrogens is 141 g/mol. The molecule has 0 saturated heterocycles. The van der Waals surface area contributed by atoms with Gasteiger partial charge in [0.2, 0.25) is 0 Å². The van der Waals surface area contributed by atoms with Crippen LogP contribution in [0.4, 0.5) is 13.2 Å². The van der Waals surface area contributed by atoms with Crippen LogP contribution in [0.5, 0.6) is 0 Å². The maximum absolute atomic E-state index is 11.7. The highest BCUT2D eigenvalue weighted by molar-refractivity contribution is 5.13. The molecular formula is C7H9F3. The molecule has 58 valence electrons. The van der Waals surface area contributed by atoms with E-state index in [1.54, 1.807) is 13.0 Å². The Bertz CT molecular complexity index is 151. The quantitative estimate of drug-likeness (QED) is 0.504. The Morgan fingerprint density at radius 2 is 1.80 bits per heavy atom. The van der Waals surface area contributed by atoms with Gasteiger partial charge in [0.1, 0.15) is 0 Å². The van der Waals surface area contributed by atoms with Crippen LogP contribution in [0.2, 0.25) is 0 Å². The summed E-state index contributed by atoms with van der Waals surface area (Å²) in [5.41, 5.74) is -0.578. The molecule has 3 heteroatoms. The van der Waals surface area contributed by atoms with Crippen molar-refractivity contribution in [3.63, 3.8) is 0 Å². The highest BCUT2D eigenvalue weighted by atomic mass is 19.4. The van der Waals surface area contributed by atoms with Gasteiger partial charge in [0.05, 0.1) is 0 Å². The van der Waals surface area contributed by atoms with Gasteiger partial charge in [-0.25, -0.2) is 0 Å². The molecule has 0 heterocycles. The van der Waals surface area contributed by atoms with Gasteiger partial charge in [0.25, 0.3) is 0 Å². The molecule has 0 aromatic heterocycles. The molecule has 0 rings (SSSR count). The number of hydrogen-bond acceptors (Lipinski definition) is 0. The lowest BCUT2D eigenvalue weighted by Crippen LogP contribution is -2.08. The third-order valence-electron chi connectivity index (χ3n) is 0.986. The zero-order valence-corrected chi connectivity index (χ0v) is 5.87. The molecule has 0 aliphatic carbocycles.